The van der Waals surface area contributed by atoms with Crippen molar-refractivity contribution in [2.75, 3.05) is 0 Å². The molecule has 0 N–H and O–H groups in total. The van der Waals surface area contributed by atoms with Gasteiger partial charge >= 0.3 is 0 Å². The first-order valence-electron chi connectivity index (χ1n) is 37.2. The van der Waals surface area contributed by atoms with E-state index in [0.717, 1.165) is 132 Å². The van der Waals surface area contributed by atoms with Gasteiger partial charge in [-0.15, -0.1) is 0 Å². The zero-order valence-electron chi connectivity index (χ0n) is 51.2. The average molecular weight is 1080 g/mol. The van der Waals surface area contributed by atoms with Crippen molar-refractivity contribution in [3.8, 4) is 12.1 Å². The van der Waals surface area contributed by atoms with E-state index in [1.54, 1.807) is 64.2 Å². The summed E-state index contributed by atoms with van der Waals surface area (Å²) in [6.07, 6.45) is 73.1. The molecule has 0 aromatic carbocycles. The van der Waals surface area contributed by atoms with Crippen molar-refractivity contribution in [2.45, 2.75) is 369 Å². The average Bonchev–Trinajstić information content (AvgIpc) is 4.13. The summed E-state index contributed by atoms with van der Waals surface area (Å²) in [4.78, 5) is 9.93. The minimum absolute atomic E-state index is 0.0148. The molecule has 13 fully saturated rings. The van der Waals surface area contributed by atoms with Gasteiger partial charge in [0, 0.05) is 54.4 Å². The van der Waals surface area contributed by atoms with Gasteiger partial charge in [0.1, 0.15) is 0 Å². The number of fused-ring (bicyclic) bond motifs is 3. The Morgan fingerprint density at radius 1 is 0.241 bits per heavy atom. The zero-order chi connectivity index (χ0) is 53.1. The molecule has 0 amide bonds. The molecule has 5 nitrogen and oxygen atoms in total. The van der Waals surface area contributed by atoms with Gasteiger partial charge in [0.25, 0.3) is 0 Å². The van der Waals surface area contributed by atoms with Crippen molar-refractivity contribution in [3.05, 3.63) is 0 Å². The molecule has 9 atom stereocenters. The quantitative estimate of drug-likeness (QED) is 0.195. The Kier molecular flexibility index (Phi) is 19.5. The van der Waals surface area contributed by atoms with E-state index in [1.807, 2.05) is 0 Å². The van der Waals surface area contributed by atoms with Crippen molar-refractivity contribution in [3.63, 3.8) is 0 Å². The fraction of sp³-hybridized carbons (Fsp3) is 0.973. The van der Waals surface area contributed by atoms with Crippen LogP contribution in [0.25, 0.3) is 0 Å². The largest absolute Gasteiger partial charge is 0.294 e. The van der Waals surface area contributed by atoms with E-state index in [1.165, 1.54) is 238 Å². The summed E-state index contributed by atoms with van der Waals surface area (Å²) in [6.45, 7) is 0. The van der Waals surface area contributed by atoms with E-state index in [0.29, 0.717) is 5.92 Å². The lowest BCUT2D eigenvalue weighted by Gasteiger charge is -2.51. The van der Waals surface area contributed by atoms with Crippen LogP contribution >= 0.6 is 0 Å². The molecule has 12 aliphatic carbocycles. The monoisotopic (exact) mass is 1080 g/mol. The van der Waals surface area contributed by atoms with Gasteiger partial charge in [0.2, 0.25) is 0 Å². The number of nitrogens with zero attached hydrogens (tertiary/aromatic N) is 5. The number of hydrogen-bond acceptors (Lipinski definition) is 5. The standard InChI is InChI=1S/C74H121N5/c75-50-62-30-29-59(47-63(62)51-76)56-27-25-53(26-28-56)52-21-23-54(24-22-52)55-31-39-69(40-32-55)78(66-17-9-3-10-18-66)70-43-35-58(36-44-70)61-38-46-74-72(49-61)71-48-60(37-45-73(71)79(74)67-19-11-4-12-20-67)57-33-41-68(42-34-57)77(64-13-5-1-6-14-64)65-15-7-2-8-16-65/h52-74H,1-49H2. The lowest BCUT2D eigenvalue weighted by molar-refractivity contribution is -0.00703. The first-order valence-corrected chi connectivity index (χ1v) is 37.2. The van der Waals surface area contributed by atoms with Crippen molar-refractivity contribution in [2.24, 2.45) is 82.9 Å². The van der Waals surface area contributed by atoms with Gasteiger partial charge in [0.15, 0.2) is 0 Å². The first kappa shape index (κ1) is 57.0. The SMILES string of the molecule is N#CC1CCC(C2CCC(C3CCC(C4CCC(N(C5CCCCC5)C5CCC(C6CCC7C(C6)C6CC(C8CCC(N(C9CCCCC9)C9CCCCC9)CC8)CCC6N7C6CCCCC6)CC5)CC4)CC3)CC2)CC1C#N. The van der Waals surface area contributed by atoms with Gasteiger partial charge in [-0.3, -0.25) is 14.7 Å². The normalized spacial score (nSPS) is 45.1. The second kappa shape index (κ2) is 27.1. The molecule has 1 heterocycles. The Morgan fingerprint density at radius 2 is 0.506 bits per heavy atom. The van der Waals surface area contributed by atoms with Crippen LogP contribution in [0.4, 0.5) is 0 Å². The lowest BCUT2D eigenvalue weighted by Crippen LogP contribution is -2.53. The van der Waals surface area contributed by atoms with E-state index in [9.17, 15) is 10.5 Å². The van der Waals surface area contributed by atoms with Gasteiger partial charge in [-0.25, -0.2) is 0 Å². The highest BCUT2D eigenvalue weighted by Gasteiger charge is 2.56. The molecule has 13 rings (SSSR count). The Balaban J connectivity index is 0.596. The molecule has 1 aliphatic heterocycles. The van der Waals surface area contributed by atoms with Crippen LogP contribution in [-0.4, -0.2) is 69.1 Å². The van der Waals surface area contributed by atoms with Crippen LogP contribution in [0, 0.1) is 106 Å². The molecular weight excluding hydrogens is 959 g/mol. The Morgan fingerprint density at radius 3 is 0.848 bits per heavy atom. The van der Waals surface area contributed by atoms with Crippen molar-refractivity contribution >= 4 is 0 Å². The topological polar surface area (TPSA) is 57.3 Å². The van der Waals surface area contributed by atoms with Crippen LogP contribution in [0.1, 0.15) is 315 Å². The molecule has 0 bridgehead atoms. The minimum atomic E-state index is -0.0163. The molecule has 79 heavy (non-hydrogen) atoms. The number of nitriles is 2. The molecule has 0 radical (unpaired) electrons. The molecule has 12 saturated carbocycles. The Labute approximate surface area is 486 Å². The molecule has 442 valence electrons. The Hall–Kier alpha value is -1.14. The van der Waals surface area contributed by atoms with Crippen molar-refractivity contribution in [1.29, 1.82) is 10.5 Å². The molecule has 1 saturated heterocycles. The second-order valence-electron chi connectivity index (χ2n) is 32.2. The molecule has 0 aromatic rings. The van der Waals surface area contributed by atoms with Crippen LogP contribution < -0.4 is 0 Å². The highest BCUT2D eigenvalue weighted by molar-refractivity contribution is 5.09. The summed E-state index contributed by atoms with van der Waals surface area (Å²) in [7, 11) is 0. The van der Waals surface area contributed by atoms with Crippen LogP contribution in [0.3, 0.4) is 0 Å². The predicted octanol–water partition coefficient (Wildman–Crippen LogP) is 19.2. The van der Waals surface area contributed by atoms with Crippen LogP contribution in [0.15, 0.2) is 0 Å². The third kappa shape index (κ3) is 12.7. The van der Waals surface area contributed by atoms with Gasteiger partial charge < -0.3 is 0 Å². The second-order valence-corrected chi connectivity index (χ2v) is 32.2. The summed E-state index contributed by atoms with van der Waals surface area (Å²) in [6, 6.07) is 13.2. The van der Waals surface area contributed by atoms with Crippen LogP contribution in [0.2, 0.25) is 0 Å². The summed E-state index contributed by atoms with van der Waals surface area (Å²) < 4.78 is 0. The maximum absolute atomic E-state index is 9.77. The highest BCUT2D eigenvalue weighted by atomic mass is 15.3. The van der Waals surface area contributed by atoms with E-state index in [-0.39, 0.29) is 11.8 Å². The molecule has 13 aliphatic rings. The predicted molar refractivity (Wildman–Crippen MR) is 326 cm³/mol. The molecule has 5 heteroatoms. The molecule has 9 unspecified atom stereocenters. The third-order valence-electron chi connectivity index (χ3n) is 28.8. The van der Waals surface area contributed by atoms with E-state index < -0.39 is 0 Å². The van der Waals surface area contributed by atoms with Crippen LogP contribution in [0.5, 0.6) is 0 Å². The lowest BCUT2D eigenvalue weighted by atomic mass is 9.62. The van der Waals surface area contributed by atoms with Gasteiger partial charge in [0.05, 0.1) is 24.0 Å². The number of hydrogen-bond donors (Lipinski definition) is 0. The smallest absolute Gasteiger partial charge is 0.0669 e. The summed E-state index contributed by atoms with van der Waals surface area (Å²) in [5.41, 5.74) is 0. The van der Waals surface area contributed by atoms with Gasteiger partial charge in [-0.1, -0.05) is 77.0 Å². The maximum atomic E-state index is 9.77. The van der Waals surface area contributed by atoms with Crippen molar-refractivity contribution in [1.82, 2.24) is 14.7 Å². The fourth-order valence-corrected chi connectivity index (χ4v) is 24.8. The molecular formula is C74H121N5. The fourth-order valence-electron chi connectivity index (χ4n) is 24.8. The Bertz CT molecular complexity index is 1900. The van der Waals surface area contributed by atoms with E-state index in [4.69, 9.17) is 0 Å². The van der Waals surface area contributed by atoms with E-state index >= 15 is 0 Å². The molecule has 0 spiro atoms. The summed E-state index contributed by atoms with van der Waals surface area (Å²) >= 11 is 0. The minimum Gasteiger partial charge on any atom is -0.294 e. The summed E-state index contributed by atoms with van der Waals surface area (Å²) in [5.74, 6) is 11.6. The van der Waals surface area contributed by atoms with Gasteiger partial charge in [-0.2, -0.15) is 10.5 Å². The third-order valence-corrected chi connectivity index (χ3v) is 28.8. The zero-order valence-corrected chi connectivity index (χ0v) is 51.2. The number of rotatable bonds is 12. The molecule has 0 aromatic heterocycles. The number of likely N-dealkylation sites (tertiary alicyclic amines) is 1. The van der Waals surface area contributed by atoms with Crippen LogP contribution in [-0.2, 0) is 0 Å². The summed E-state index contributed by atoms with van der Waals surface area (Å²) in [5, 5.41) is 19.4. The van der Waals surface area contributed by atoms with E-state index in [2.05, 4.69) is 26.8 Å². The van der Waals surface area contributed by atoms with Gasteiger partial charge in [-0.05, 0) is 309 Å². The maximum Gasteiger partial charge on any atom is 0.0669 e. The highest BCUT2D eigenvalue weighted by Crippen LogP contribution is 2.58. The first-order chi connectivity index (χ1) is 39.1. The van der Waals surface area contributed by atoms with Crippen molar-refractivity contribution < 1.29 is 0 Å².